The van der Waals surface area contributed by atoms with Crippen LogP contribution in [-0.4, -0.2) is 30.8 Å². The number of ether oxygens (including phenoxy) is 1. The first-order chi connectivity index (χ1) is 7.36. The van der Waals surface area contributed by atoms with Crippen LogP contribution in [0.15, 0.2) is 5.51 Å². The van der Waals surface area contributed by atoms with Crippen LogP contribution >= 0.6 is 11.3 Å². The van der Waals surface area contributed by atoms with Gasteiger partial charge in [-0.2, -0.15) is 0 Å². The first kappa shape index (κ1) is 11.0. The van der Waals surface area contributed by atoms with E-state index in [4.69, 9.17) is 4.74 Å². The summed E-state index contributed by atoms with van der Waals surface area (Å²) in [4.78, 5) is 5.60. The van der Waals surface area contributed by atoms with Gasteiger partial charge in [0.25, 0.3) is 0 Å². The summed E-state index contributed by atoms with van der Waals surface area (Å²) < 4.78 is 5.85. The molecule has 4 heteroatoms. The van der Waals surface area contributed by atoms with Gasteiger partial charge in [0, 0.05) is 11.3 Å². The standard InChI is InChI=1S/C11H18N2OS/c1-9-11(15-8-13-9)4-7-14-10-2-5-12-6-3-10/h8,10,12H,2-7H2,1H3. The second-order valence-corrected chi connectivity index (χ2v) is 4.87. The lowest BCUT2D eigenvalue weighted by atomic mass is 10.1. The lowest BCUT2D eigenvalue weighted by Gasteiger charge is -2.22. The summed E-state index contributed by atoms with van der Waals surface area (Å²) in [6.07, 6.45) is 3.79. The van der Waals surface area contributed by atoms with Gasteiger partial charge < -0.3 is 10.1 Å². The van der Waals surface area contributed by atoms with E-state index in [-0.39, 0.29) is 0 Å². The predicted octanol–water partition coefficient (Wildman–Crippen LogP) is 1.76. The zero-order valence-corrected chi connectivity index (χ0v) is 9.98. The van der Waals surface area contributed by atoms with E-state index in [0.29, 0.717) is 6.10 Å². The maximum atomic E-state index is 5.85. The average Bonchev–Trinajstić information content (AvgIpc) is 2.66. The van der Waals surface area contributed by atoms with E-state index in [1.54, 1.807) is 11.3 Å². The fourth-order valence-electron chi connectivity index (χ4n) is 1.85. The van der Waals surface area contributed by atoms with Gasteiger partial charge >= 0.3 is 0 Å². The number of hydrogen-bond acceptors (Lipinski definition) is 4. The molecule has 15 heavy (non-hydrogen) atoms. The van der Waals surface area contributed by atoms with E-state index in [2.05, 4.69) is 17.2 Å². The first-order valence-corrected chi connectivity index (χ1v) is 6.45. The third-order valence-electron chi connectivity index (χ3n) is 2.81. The molecule has 0 amide bonds. The minimum absolute atomic E-state index is 0.472. The van der Waals surface area contributed by atoms with E-state index < -0.39 is 0 Å². The number of thiazole rings is 1. The monoisotopic (exact) mass is 226 g/mol. The number of rotatable bonds is 4. The highest BCUT2D eigenvalue weighted by Gasteiger charge is 2.13. The van der Waals surface area contributed by atoms with Crippen LogP contribution in [0.3, 0.4) is 0 Å². The van der Waals surface area contributed by atoms with Crippen molar-refractivity contribution in [2.24, 2.45) is 0 Å². The van der Waals surface area contributed by atoms with Crippen LogP contribution in [0.5, 0.6) is 0 Å². The number of nitrogens with zero attached hydrogens (tertiary/aromatic N) is 1. The van der Waals surface area contributed by atoms with Crippen molar-refractivity contribution in [2.75, 3.05) is 19.7 Å². The average molecular weight is 226 g/mol. The molecule has 1 fully saturated rings. The molecule has 1 saturated heterocycles. The Morgan fingerprint density at radius 2 is 2.33 bits per heavy atom. The van der Waals surface area contributed by atoms with Gasteiger partial charge in [-0.1, -0.05) is 0 Å². The molecule has 1 aromatic rings. The Morgan fingerprint density at radius 3 is 3.00 bits per heavy atom. The topological polar surface area (TPSA) is 34.1 Å². The zero-order valence-electron chi connectivity index (χ0n) is 9.16. The quantitative estimate of drug-likeness (QED) is 0.849. The molecule has 1 N–H and O–H groups in total. The number of piperidine rings is 1. The smallest absolute Gasteiger partial charge is 0.0797 e. The highest BCUT2D eigenvalue weighted by molar-refractivity contribution is 7.09. The number of aryl methyl sites for hydroxylation is 1. The summed E-state index contributed by atoms with van der Waals surface area (Å²) in [5, 5.41) is 3.34. The van der Waals surface area contributed by atoms with E-state index in [9.17, 15) is 0 Å². The molecule has 0 radical (unpaired) electrons. The molecular weight excluding hydrogens is 208 g/mol. The second-order valence-electron chi connectivity index (χ2n) is 3.93. The van der Waals surface area contributed by atoms with Crippen LogP contribution in [0.25, 0.3) is 0 Å². The fraction of sp³-hybridized carbons (Fsp3) is 0.727. The third-order valence-corrected chi connectivity index (χ3v) is 3.81. The van der Waals surface area contributed by atoms with Crippen LogP contribution in [0.2, 0.25) is 0 Å². The maximum absolute atomic E-state index is 5.85. The number of aromatic nitrogens is 1. The summed E-state index contributed by atoms with van der Waals surface area (Å²) in [7, 11) is 0. The van der Waals surface area contributed by atoms with Gasteiger partial charge in [0.2, 0.25) is 0 Å². The molecule has 1 aromatic heterocycles. The molecule has 1 aliphatic rings. The number of hydrogen-bond donors (Lipinski definition) is 1. The molecule has 0 saturated carbocycles. The molecule has 1 aliphatic heterocycles. The van der Waals surface area contributed by atoms with Gasteiger partial charge in [-0.15, -0.1) is 11.3 Å². The molecule has 2 rings (SSSR count). The summed E-state index contributed by atoms with van der Waals surface area (Å²) in [5.74, 6) is 0. The van der Waals surface area contributed by atoms with Crippen LogP contribution in [0, 0.1) is 6.92 Å². The molecule has 0 bridgehead atoms. The van der Waals surface area contributed by atoms with Gasteiger partial charge in [0.15, 0.2) is 0 Å². The minimum atomic E-state index is 0.472. The summed E-state index contributed by atoms with van der Waals surface area (Å²) >= 11 is 1.73. The van der Waals surface area contributed by atoms with Crippen molar-refractivity contribution in [1.29, 1.82) is 0 Å². The normalized spacial score (nSPS) is 18.2. The van der Waals surface area contributed by atoms with Crippen molar-refractivity contribution in [2.45, 2.75) is 32.3 Å². The van der Waals surface area contributed by atoms with Gasteiger partial charge in [-0.25, -0.2) is 4.98 Å². The summed E-state index contributed by atoms with van der Waals surface area (Å²) in [6.45, 7) is 5.11. The van der Waals surface area contributed by atoms with E-state index in [1.165, 1.54) is 4.88 Å². The Kier molecular flexibility index (Phi) is 4.11. The van der Waals surface area contributed by atoms with E-state index >= 15 is 0 Å². The molecule has 2 heterocycles. The lowest BCUT2D eigenvalue weighted by molar-refractivity contribution is 0.0351. The highest BCUT2D eigenvalue weighted by atomic mass is 32.1. The molecule has 0 unspecified atom stereocenters. The van der Waals surface area contributed by atoms with Crippen molar-refractivity contribution in [3.8, 4) is 0 Å². The first-order valence-electron chi connectivity index (χ1n) is 5.57. The summed E-state index contributed by atoms with van der Waals surface area (Å²) in [5.41, 5.74) is 3.07. The predicted molar refractivity (Wildman–Crippen MR) is 62.4 cm³/mol. The van der Waals surface area contributed by atoms with Gasteiger partial charge in [0.05, 0.1) is 23.9 Å². The molecule has 0 aromatic carbocycles. The fourth-order valence-corrected chi connectivity index (χ4v) is 2.61. The van der Waals surface area contributed by atoms with E-state index in [1.807, 2.05) is 5.51 Å². The molecule has 0 spiro atoms. The third kappa shape index (κ3) is 3.26. The molecule has 0 atom stereocenters. The summed E-state index contributed by atoms with van der Waals surface area (Å²) in [6, 6.07) is 0. The van der Waals surface area contributed by atoms with Crippen LogP contribution in [0.4, 0.5) is 0 Å². The van der Waals surface area contributed by atoms with Crippen molar-refractivity contribution >= 4 is 11.3 Å². The van der Waals surface area contributed by atoms with E-state index in [0.717, 1.165) is 44.7 Å². The van der Waals surface area contributed by atoms with Gasteiger partial charge in [0.1, 0.15) is 0 Å². The van der Waals surface area contributed by atoms with Crippen LogP contribution < -0.4 is 5.32 Å². The Morgan fingerprint density at radius 1 is 1.53 bits per heavy atom. The maximum Gasteiger partial charge on any atom is 0.0797 e. The highest BCUT2D eigenvalue weighted by Crippen LogP contribution is 2.14. The molecular formula is C11H18N2OS. The van der Waals surface area contributed by atoms with Crippen molar-refractivity contribution in [3.05, 3.63) is 16.1 Å². The van der Waals surface area contributed by atoms with Crippen molar-refractivity contribution < 1.29 is 4.74 Å². The lowest BCUT2D eigenvalue weighted by Crippen LogP contribution is -2.32. The van der Waals surface area contributed by atoms with Gasteiger partial charge in [-0.3, -0.25) is 0 Å². The largest absolute Gasteiger partial charge is 0.378 e. The molecule has 3 nitrogen and oxygen atoms in total. The Labute approximate surface area is 94.9 Å². The Hall–Kier alpha value is -0.450. The molecule has 84 valence electrons. The minimum Gasteiger partial charge on any atom is -0.378 e. The SMILES string of the molecule is Cc1ncsc1CCOC1CCNCC1. The zero-order chi connectivity index (χ0) is 10.5. The van der Waals surface area contributed by atoms with Crippen molar-refractivity contribution in [3.63, 3.8) is 0 Å². The van der Waals surface area contributed by atoms with Crippen molar-refractivity contribution in [1.82, 2.24) is 10.3 Å². The number of nitrogens with one attached hydrogen (secondary N) is 1. The van der Waals surface area contributed by atoms with Gasteiger partial charge in [-0.05, 0) is 32.9 Å². The molecule has 0 aliphatic carbocycles. The second kappa shape index (κ2) is 5.58. The Bertz CT molecular complexity index is 295. The van der Waals surface area contributed by atoms with Crippen LogP contribution in [0.1, 0.15) is 23.4 Å². The van der Waals surface area contributed by atoms with Crippen LogP contribution in [-0.2, 0) is 11.2 Å². The Balaban J connectivity index is 1.68.